The van der Waals surface area contributed by atoms with Gasteiger partial charge in [0.15, 0.2) is 0 Å². The molecule has 0 saturated carbocycles. The molecule has 1 aliphatic rings. The van der Waals surface area contributed by atoms with Crippen molar-refractivity contribution in [2.45, 2.75) is 36.6 Å². The highest BCUT2D eigenvalue weighted by atomic mass is 35.5. The van der Waals surface area contributed by atoms with Crippen molar-refractivity contribution in [1.29, 1.82) is 0 Å². The third-order valence-corrected chi connectivity index (χ3v) is 5.71. The first kappa shape index (κ1) is 18.2. The molecule has 1 aliphatic heterocycles. The predicted octanol–water partition coefficient (Wildman–Crippen LogP) is 2.01. The molecule has 1 atom stereocenters. The van der Waals surface area contributed by atoms with Gasteiger partial charge in [-0.1, -0.05) is 6.42 Å². The number of rotatable bonds is 5. The smallest absolute Gasteiger partial charge is 0.243 e. The van der Waals surface area contributed by atoms with Gasteiger partial charge in [-0.15, -0.1) is 12.4 Å². The van der Waals surface area contributed by atoms with Crippen molar-refractivity contribution < 1.29 is 13.2 Å². The first-order chi connectivity index (χ1) is 9.59. The van der Waals surface area contributed by atoms with Crippen LogP contribution in [0.2, 0.25) is 0 Å². The second-order valence-electron chi connectivity index (χ2n) is 5.02. The molecule has 120 valence electrons. The van der Waals surface area contributed by atoms with Crippen LogP contribution in [0.4, 0.5) is 0 Å². The number of sulfonamides is 1. The van der Waals surface area contributed by atoms with Crippen molar-refractivity contribution in [2.24, 2.45) is 5.73 Å². The Balaban J connectivity index is 0.00000220. The Bertz CT molecular complexity index is 532. The fourth-order valence-corrected chi connectivity index (χ4v) is 4.38. The van der Waals surface area contributed by atoms with Gasteiger partial charge < -0.3 is 10.5 Å². The lowest BCUT2D eigenvalue weighted by Crippen LogP contribution is -2.44. The van der Waals surface area contributed by atoms with E-state index in [9.17, 15) is 8.42 Å². The van der Waals surface area contributed by atoms with Gasteiger partial charge in [-0.2, -0.15) is 4.31 Å². The Morgan fingerprint density at radius 1 is 1.29 bits per heavy atom. The maximum Gasteiger partial charge on any atom is 0.243 e. The van der Waals surface area contributed by atoms with Crippen LogP contribution in [0, 0.1) is 0 Å². The number of hydrogen-bond acceptors (Lipinski definition) is 4. The molecule has 1 heterocycles. The lowest BCUT2D eigenvalue weighted by Gasteiger charge is -2.34. The summed E-state index contributed by atoms with van der Waals surface area (Å²) in [4.78, 5) is 0.322. The van der Waals surface area contributed by atoms with Crippen LogP contribution in [0.15, 0.2) is 29.2 Å². The average Bonchev–Trinajstić information content (AvgIpc) is 2.48. The number of piperidine rings is 1. The van der Waals surface area contributed by atoms with Gasteiger partial charge in [-0.3, -0.25) is 0 Å². The van der Waals surface area contributed by atoms with Gasteiger partial charge >= 0.3 is 0 Å². The van der Waals surface area contributed by atoms with Crippen LogP contribution in [-0.4, -0.2) is 39.0 Å². The normalized spacial score (nSPS) is 19.8. The van der Waals surface area contributed by atoms with E-state index in [4.69, 9.17) is 10.5 Å². The topological polar surface area (TPSA) is 72.6 Å². The standard InChI is InChI=1S/C14H22N2O3S.ClH/c1-19-13-5-7-14(8-6-13)20(17,18)16-11-3-2-4-12(16)9-10-15;/h5-8,12H,2-4,9-11,15H2,1H3;1H. The molecular formula is C14H23ClN2O3S. The molecule has 1 aromatic carbocycles. The van der Waals surface area contributed by atoms with Gasteiger partial charge in [-0.25, -0.2) is 8.42 Å². The molecule has 0 bridgehead atoms. The van der Waals surface area contributed by atoms with E-state index in [1.807, 2.05) is 0 Å². The zero-order valence-corrected chi connectivity index (χ0v) is 13.8. The van der Waals surface area contributed by atoms with E-state index in [0.717, 1.165) is 25.7 Å². The number of ether oxygens (including phenoxy) is 1. The van der Waals surface area contributed by atoms with E-state index in [-0.39, 0.29) is 18.4 Å². The summed E-state index contributed by atoms with van der Waals surface area (Å²) in [5, 5.41) is 0. The Morgan fingerprint density at radius 3 is 2.52 bits per heavy atom. The van der Waals surface area contributed by atoms with Gasteiger partial charge in [0.2, 0.25) is 10.0 Å². The first-order valence-corrected chi connectivity index (χ1v) is 8.39. The van der Waals surface area contributed by atoms with Crippen molar-refractivity contribution >= 4 is 22.4 Å². The third-order valence-electron chi connectivity index (χ3n) is 3.74. The van der Waals surface area contributed by atoms with Crippen LogP contribution in [0.5, 0.6) is 5.75 Å². The van der Waals surface area contributed by atoms with Crippen molar-refractivity contribution in [3.63, 3.8) is 0 Å². The SMILES string of the molecule is COc1ccc(S(=O)(=O)N2CCCCC2CCN)cc1.Cl. The molecule has 0 aromatic heterocycles. The number of benzene rings is 1. The zero-order valence-electron chi connectivity index (χ0n) is 12.2. The summed E-state index contributed by atoms with van der Waals surface area (Å²) in [6, 6.07) is 6.58. The lowest BCUT2D eigenvalue weighted by molar-refractivity contribution is 0.243. The Hall–Kier alpha value is -0.820. The minimum Gasteiger partial charge on any atom is -0.497 e. The molecule has 1 aromatic rings. The largest absolute Gasteiger partial charge is 0.497 e. The molecule has 0 amide bonds. The highest BCUT2D eigenvalue weighted by molar-refractivity contribution is 7.89. The minimum atomic E-state index is -3.44. The van der Waals surface area contributed by atoms with Crippen molar-refractivity contribution in [3.05, 3.63) is 24.3 Å². The molecule has 1 fully saturated rings. The van der Waals surface area contributed by atoms with Crippen LogP contribution >= 0.6 is 12.4 Å². The monoisotopic (exact) mass is 334 g/mol. The summed E-state index contributed by atoms with van der Waals surface area (Å²) < 4.78 is 32.1. The van der Waals surface area contributed by atoms with Crippen molar-refractivity contribution in [2.75, 3.05) is 20.2 Å². The zero-order chi connectivity index (χ0) is 14.6. The van der Waals surface area contributed by atoms with Gasteiger partial charge in [0.05, 0.1) is 12.0 Å². The molecule has 0 aliphatic carbocycles. The maximum atomic E-state index is 12.7. The molecule has 1 saturated heterocycles. The fraction of sp³-hybridized carbons (Fsp3) is 0.571. The summed E-state index contributed by atoms with van der Waals surface area (Å²) in [5.74, 6) is 0.654. The summed E-state index contributed by atoms with van der Waals surface area (Å²) in [7, 11) is -1.88. The number of hydrogen-bond donors (Lipinski definition) is 1. The van der Waals surface area contributed by atoms with E-state index in [0.29, 0.717) is 23.7 Å². The molecule has 0 radical (unpaired) electrons. The summed E-state index contributed by atoms with van der Waals surface area (Å²) in [6.07, 6.45) is 3.59. The maximum absolute atomic E-state index is 12.7. The van der Waals surface area contributed by atoms with Crippen LogP contribution in [0.1, 0.15) is 25.7 Å². The van der Waals surface area contributed by atoms with E-state index in [1.54, 1.807) is 35.7 Å². The van der Waals surface area contributed by atoms with Gasteiger partial charge in [0.25, 0.3) is 0 Å². The quantitative estimate of drug-likeness (QED) is 0.894. The molecule has 1 unspecified atom stereocenters. The van der Waals surface area contributed by atoms with Crippen molar-refractivity contribution in [3.8, 4) is 5.75 Å². The van der Waals surface area contributed by atoms with E-state index >= 15 is 0 Å². The lowest BCUT2D eigenvalue weighted by atomic mass is 10.0. The van der Waals surface area contributed by atoms with Crippen LogP contribution in [-0.2, 0) is 10.0 Å². The number of nitrogens with zero attached hydrogens (tertiary/aromatic N) is 1. The highest BCUT2D eigenvalue weighted by Gasteiger charge is 2.32. The number of nitrogens with two attached hydrogens (primary N) is 1. The van der Waals surface area contributed by atoms with Crippen LogP contribution in [0.3, 0.4) is 0 Å². The summed E-state index contributed by atoms with van der Waals surface area (Å²) in [5.41, 5.74) is 5.60. The van der Waals surface area contributed by atoms with Crippen LogP contribution < -0.4 is 10.5 Å². The molecule has 2 rings (SSSR count). The average molecular weight is 335 g/mol. The Kier molecular flexibility index (Phi) is 6.93. The Labute approximate surface area is 132 Å². The van der Waals surface area contributed by atoms with E-state index in [2.05, 4.69) is 0 Å². The highest BCUT2D eigenvalue weighted by Crippen LogP contribution is 2.27. The molecule has 5 nitrogen and oxygen atoms in total. The second-order valence-corrected chi connectivity index (χ2v) is 6.91. The molecule has 0 spiro atoms. The number of halogens is 1. The fourth-order valence-electron chi connectivity index (χ4n) is 2.65. The second kappa shape index (κ2) is 7.98. The molecule has 21 heavy (non-hydrogen) atoms. The van der Waals surface area contributed by atoms with Gasteiger partial charge in [0.1, 0.15) is 5.75 Å². The summed E-state index contributed by atoms with van der Waals surface area (Å²) >= 11 is 0. The van der Waals surface area contributed by atoms with E-state index < -0.39 is 10.0 Å². The predicted molar refractivity (Wildman–Crippen MR) is 85.4 cm³/mol. The van der Waals surface area contributed by atoms with E-state index in [1.165, 1.54) is 0 Å². The first-order valence-electron chi connectivity index (χ1n) is 6.95. The van der Waals surface area contributed by atoms with Crippen molar-refractivity contribution in [1.82, 2.24) is 4.31 Å². The Morgan fingerprint density at radius 2 is 1.95 bits per heavy atom. The molecule has 7 heteroatoms. The molecular weight excluding hydrogens is 312 g/mol. The van der Waals surface area contributed by atoms with Crippen LogP contribution in [0.25, 0.3) is 0 Å². The molecule has 2 N–H and O–H groups in total. The summed E-state index contributed by atoms with van der Waals surface area (Å²) in [6.45, 7) is 1.10. The minimum absolute atomic E-state index is 0. The third kappa shape index (κ3) is 4.10. The van der Waals surface area contributed by atoms with Gasteiger partial charge in [0, 0.05) is 12.6 Å². The van der Waals surface area contributed by atoms with Gasteiger partial charge in [-0.05, 0) is 50.1 Å². The number of methoxy groups -OCH3 is 1.